The van der Waals surface area contributed by atoms with Crippen LogP contribution >= 0.6 is 12.9 Å². The Kier molecular flexibility index (Phi) is 4.86. The largest absolute Gasteiger partial charge is 0.467 e. The van der Waals surface area contributed by atoms with Gasteiger partial charge in [0.1, 0.15) is 11.6 Å². The van der Waals surface area contributed by atoms with Crippen LogP contribution in [0.25, 0.3) is 0 Å². The van der Waals surface area contributed by atoms with Gasteiger partial charge in [0, 0.05) is 6.42 Å². The molecular formula is C11H19NO5S. The van der Waals surface area contributed by atoms with Crippen LogP contribution in [0.2, 0.25) is 0 Å². The minimum atomic E-state index is -0.679. The monoisotopic (exact) mass is 277 g/mol. The molecule has 1 aliphatic heterocycles. The molecule has 1 heterocycles. The van der Waals surface area contributed by atoms with Gasteiger partial charge in [0.15, 0.2) is 0 Å². The molecule has 0 saturated carbocycles. The van der Waals surface area contributed by atoms with Crippen molar-refractivity contribution >= 4 is 25.0 Å². The maximum Gasteiger partial charge on any atom is 0.411 e. The van der Waals surface area contributed by atoms with Gasteiger partial charge >= 0.3 is 12.1 Å². The standard InChI is InChI=1S/C11H19NO5S/c1-11(2,3)16-10(14)12-6-7(17-18)5-8(12)9(13)15-4/h7-8,18H,5-6H2,1-4H3/t7-,8+/m1/s1. The third kappa shape index (κ3) is 3.78. The summed E-state index contributed by atoms with van der Waals surface area (Å²) in [6.07, 6.45) is -0.495. The van der Waals surface area contributed by atoms with Crippen LogP contribution in [0.15, 0.2) is 0 Å². The summed E-state index contributed by atoms with van der Waals surface area (Å²) >= 11 is 3.72. The van der Waals surface area contributed by atoms with Crippen molar-refractivity contribution in [2.75, 3.05) is 13.7 Å². The number of carbonyl (C=O) groups is 2. The summed E-state index contributed by atoms with van der Waals surface area (Å²) in [6, 6.07) is -0.679. The Bertz CT molecular complexity index is 328. The van der Waals surface area contributed by atoms with E-state index in [4.69, 9.17) is 8.92 Å². The third-order valence-electron chi connectivity index (χ3n) is 2.51. The van der Waals surface area contributed by atoms with Crippen LogP contribution in [-0.4, -0.2) is 48.4 Å². The van der Waals surface area contributed by atoms with E-state index < -0.39 is 23.7 Å². The zero-order valence-corrected chi connectivity index (χ0v) is 11.9. The van der Waals surface area contributed by atoms with Gasteiger partial charge in [0.05, 0.1) is 19.8 Å². The Hall–Kier alpha value is -0.950. The highest BCUT2D eigenvalue weighted by atomic mass is 32.1. The van der Waals surface area contributed by atoms with Gasteiger partial charge in [-0.25, -0.2) is 9.59 Å². The van der Waals surface area contributed by atoms with Crippen LogP contribution < -0.4 is 0 Å². The van der Waals surface area contributed by atoms with E-state index in [1.807, 2.05) is 0 Å². The molecule has 0 aromatic rings. The first kappa shape index (κ1) is 15.1. The topological polar surface area (TPSA) is 65.1 Å². The lowest BCUT2D eigenvalue weighted by Crippen LogP contribution is -2.43. The molecule has 6 nitrogen and oxygen atoms in total. The zero-order chi connectivity index (χ0) is 13.9. The van der Waals surface area contributed by atoms with Crippen LogP contribution in [0.1, 0.15) is 27.2 Å². The normalized spacial score (nSPS) is 23.9. The highest BCUT2D eigenvalue weighted by Crippen LogP contribution is 2.24. The van der Waals surface area contributed by atoms with Gasteiger partial charge in [-0.2, -0.15) is 0 Å². The maximum atomic E-state index is 12.0. The van der Waals surface area contributed by atoms with Crippen molar-refractivity contribution in [3.8, 4) is 0 Å². The van der Waals surface area contributed by atoms with E-state index in [-0.39, 0.29) is 12.6 Å². The van der Waals surface area contributed by atoms with Gasteiger partial charge in [-0.05, 0) is 33.7 Å². The van der Waals surface area contributed by atoms with Gasteiger partial charge in [-0.1, -0.05) is 0 Å². The van der Waals surface area contributed by atoms with Gasteiger partial charge in [-0.15, -0.1) is 0 Å². The molecule has 1 saturated heterocycles. The predicted molar refractivity (Wildman–Crippen MR) is 67.2 cm³/mol. The van der Waals surface area contributed by atoms with Gasteiger partial charge in [0.25, 0.3) is 0 Å². The summed E-state index contributed by atoms with van der Waals surface area (Å²) in [7, 11) is 1.28. The van der Waals surface area contributed by atoms with Crippen molar-refractivity contribution in [1.82, 2.24) is 4.90 Å². The molecule has 2 atom stereocenters. The molecule has 0 aromatic carbocycles. The summed E-state index contributed by atoms with van der Waals surface area (Å²) in [5, 5.41) is 0. The molecule has 0 radical (unpaired) electrons. The average molecular weight is 277 g/mol. The van der Waals surface area contributed by atoms with E-state index in [1.165, 1.54) is 12.0 Å². The summed E-state index contributed by atoms with van der Waals surface area (Å²) in [5.41, 5.74) is -0.613. The Morgan fingerprint density at radius 2 is 1.94 bits per heavy atom. The van der Waals surface area contributed by atoms with E-state index in [1.54, 1.807) is 20.8 Å². The molecule has 1 fully saturated rings. The Morgan fingerprint density at radius 3 is 2.39 bits per heavy atom. The molecular weight excluding hydrogens is 258 g/mol. The lowest BCUT2D eigenvalue weighted by atomic mass is 10.2. The van der Waals surface area contributed by atoms with E-state index >= 15 is 0 Å². The molecule has 0 aromatic heterocycles. The van der Waals surface area contributed by atoms with Gasteiger partial charge in [0.2, 0.25) is 0 Å². The first-order valence-corrected chi connectivity index (χ1v) is 6.02. The van der Waals surface area contributed by atoms with Crippen LogP contribution in [0.3, 0.4) is 0 Å². The fourth-order valence-electron chi connectivity index (χ4n) is 1.76. The van der Waals surface area contributed by atoms with E-state index in [0.29, 0.717) is 6.42 Å². The Labute approximate surface area is 112 Å². The number of rotatable bonds is 2. The average Bonchev–Trinajstić information content (AvgIpc) is 2.69. The highest BCUT2D eigenvalue weighted by molar-refractivity contribution is 7.75. The number of nitrogens with zero attached hydrogens (tertiary/aromatic N) is 1. The number of carbonyl (C=O) groups excluding carboxylic acids is 2. The molecule has 0 spiro atoms. The molecule has 1 aliphatic rings. The van der Waals surface area contributed by atoms with E-state index in [2.05, 4.69) is 17.6 Å². The minimum Gasteiger partial charge on any atom is -0.467 e. The van der Waals surface area contributed by atoms with Gasteiger partial charge in [-0.3, -0.25) is 4.90 Å². The lowest BCUT2D eigenvalue weighted by Gasteiger charge is -2.27. The second-order valence-electron chi connectivity index (χ2n) is 5.13. The quantitative estimate of drug-likeness (QED) is 0.469. The molecule has 104 valence electrons. The molecule has 0 bridgehead atoms. The fraction of sp³-hybridized carbons (Fsp3) is 0.818. The van der Waals surface area contributed by atoms with Crippen LogP contribution in [0.5, 0.6) is 0 Å². The first-order valence-electron chi connectivity index (χ1n) is 5.66. The second kappa shape index (κ2) is 5.79. The predicted octanol–water partition coefficient (Wildman–Crippen LogP) is 1.40. The molecule has 0 aliphatic carbocycles. The molecule has 18 heavy (non-hydrogen) atoms. The van der Waals surface area contributed by atoms with Gasteiger partial charge < -0.3 is 13.7 Å². The summed E-state index contributed by atoms with van der Waals surface area (Å²) in [6.45, 7) is 5.56. The second-order valence-corrected chi connectivity index (χ2v) is 5.35. The molecule has 0 N–H and O–H groups in total. The number of hydrogen-bond acceptors (Lipinski definition) is 6. The number of ether oxygens (including phenoxy) is 2. The number of esters is 1. The van der Waals surface area contributed by atoms with Crippen molar-refractivity contribution in [2.45, 2.75) is 44.9 Å². The summed E-state index contributed by atoms with van der Waals surface area (Å²) in [5.74, 6) is -0.478. The van der Waals surface area contributed by atoms with E-state index in [9.17, 15) is 9.59 Å². The molecule has 1 amide bonds. The van der Waals surface area contributed by atoms with Crippen molar-refractivity contribution in [3.63, 3.8) is 0 Å². The van der Waals surface area contributed by atoms with Crippen molar-refractivity contribution in [3.05, 3.63) is 0 Å². The maximum absolute atomic E-state index is 12.0. The number of thiol groups is 1. The fourth-order valence-corrected chi connectivity index (χ4v) is 1.91. The Balaban J connectivity index is 2.77. The number of amides is 1. The third-order valence-corrected chi connectivity index (χ3v) is 2.81. The molecule has 1 rings (SSSR count). The SMILES string of the molecule is COC(=O)[C@@H]1C[C@@H](OS)CN1C(=O)OC(C)(C)C. The van der Waals surface area contributed by atoms with Crippen LogP contribution in [-0.2, 0) is 18.5 Å². The van der Waals surface area contributed by atoms with E-state index in [0.717, 1.165) is 0 Å². The molecule has 0 unspecified atom stereocenters. The van der Waals surface area contributed by atoms with Crippen molar-refractivity contribution in [1.29, 1.82) is 0 Å². The van der Waals surface area contributed by atoms with Crippen molar-refractivity contribution < 1.29 is 23.2 Å². The highest BCUT2D eigenvalue weighted by Gasteiger charge is 2.42. The minimum absolute atomic E-state index is 0.262. The Morgan fingerprint density at radius 1 is 1.33 bits per heavy atom. The molecule has 7 heteroatoms. The van der Waals surface area contributed by atoms with Crippen LogP contribution in [0, 0.1) is 0 Å². The van der Waals surface area contributed by atoms with Crippen LogP contribution in [0.4, 0.5) is 4.79 Å². The summed E-state index contributed by atoms with van der Waals surface area (Å²) in [4.78, 5) is 24.9. The number of methoxy groups -OCH3 is 1. The first-order chi connectivity index (χ1) is 8.28. The van der Waals surface area contributed by atoms with Crippen molar-refractivity contribution in [2.24, 2.45) is 0 Å². The lowest BCUT2D eigenvalue weighted by molar-refractivity contribution is -0.145. The zero-order valence-electron chi connectivity index (χ0n) is 11.0. The smallest absolute Gasteiger partial charge is 0.411 e. The summed E-state index contributed by atoms with van der Waals surface area (Å²) < 4.78 is 14.8. The number of likely N-dealkylation sites (tertiary alicyclic amines) is 1. The number of hydrogen-bond donors (Lipinski definition) is 1.